The topological polar surface area (TPSA) is 64.4 Å². The maximum atomic E-state index is 12.1. The lowest BCUT2D eigenvalue weighted by atomic mass is 10.1. The maximum Gasteiger partial charge on any atom is 0.216 e. The molecule has 0 unspecified atom stereocenters. The molecular formula is C16H23N3O3S. The third-order valence-electron chi connectivity index (χ3n) is 4.29. The van der Waals surface area contributed by atoms with Crippen molar-refractivity contribution in [2.45, 2.75) is 38.5 Å². The zero-order chi connectivity index (χ0) is 16.8. The van der Waals surface area contributed by atoms with Gasteiger partial charge in [0.2, 0.25) is 10.0 Å². The van der Waals surface area contributed by atoms with E-state index in [0.29, 0.717) is 13.1 Å². The van der Waals surface area contributed by atoms with Crippen molar-refractivity contribution in [2.75, 3.05) is 13.1 Å². The molecule has 6 nitrogen and oxygen atoms in total. The van der Waals surface area contributed by atoms with Crippen LogP contribution in [-0.4, -0.2) is 46.9 Å². The molecule has 0 atom stereocenters. The van der Waals surface area contributed by atoms with Crippen LogP contribution in [0.4, 0.5) is 0 Å². The summed E-state index contributed by atoms with van der Waals surface area (Å²) >= 11 is 0. The van der Waals surface area contributed by atoms with E-state index in [9.17, 15) is 8.42 Å². The molecule has 0 N–H and O–H groups in total. The van der Waals surface area contributed by atoms with Crippen molar-refractivity contribution in [3.05, 3.63) is 23.9 Å². The molecule has 0 bridgehead atoms. The summed E-state index contributed by atoms with van der Waals surface area (Å²) in [7, 11) is -1.29. The van der Waals surface area contributed by atoms with Gasteiger partial charge in [-0.1, -0.05) is 13.0 Å². The summed E-state index contributed by atoms with van der Waals surface area (Å²) in [4.78, 5) is 0. The summed E-state index contributed by atoms with van der Waals surface area (Å²) < 4.78 is 33.4. The Labute approximate surface area is 137 Å². The Hall–Kier alpha value is -1.60. The number of benzene rings is 1. The highest BCUT2D eigenvalue weighted by Crippen LogP contribution is 2.30. The van der Waals surface area contributed by atoms with Crippen LogP contribution in [0.2, 0.25) is 0 Å². The van der Waals surface area contributed by atoms with E-state index in [1.807, 2.05) is 19.3 Å². The van der Waals surface area contributed by atoms with Crippen molar-refractivity contribution in [3.8, 4) is 5.75 Å². The third-order valence-corrected chi connectivity index (χ3v) is 6.50. The standard InChI is InChI=1S/C16H23N3O3S/c1-5-12-6-7-15(16-14(12)10-18(4)17-16)22-13-8-19(9-13)23(20,21)11(2)3/h6-7,10-11,13H,5,8-9H2,1-4H3. The smallest absolute Gasteiger partial charge is 0.216 e. The molecular weight excluding hydrogens is 314 g/mol. The van der Waals surface area contributed by atoms with Crippen LogP contribution in [0.3, 0.4) is 0 Å². The van der Waals surface area contributed by atoms with Crippen molar-refractivity contribution in [3.63, 3.8) is 0 Å². The van der Waals surface area contributed by atoms with Gasteiger partial charge in [-0.3, -0.25) is 4.68 Å². The van der Waals surface area contributed by atoms with Crippen molar-refractivity contribution >= 4 is 20.9 Å². The summed E-state index contributed by atoms with van der Waals surface area (Å²) in [5.74, 6) is 0.726. The molecule has 1 aromatic carbocycles. The van der Waals surface area contributed by atoms with Gasteiger partial charge in [-0.05, 0) is 31.9 Å². The number of aromatic nitrogens is 2. The van der Waals surface area contributed by atoms with Crippen LogP contribution in [-0.2, 0) is 23.5 Å². The average Bonchev–Trinajstić information content (AvgIpc) is 2.83. The fourth-order valence-corrected chi connectivity index (χ4v) is 4.16. The molecule has 1 aliphatic rings. The molecule has 3 rings (SSSR count). The Bertz CT molecular complexity index is 820. The Balaban J connectivity index is 1.77. The highest BCUT2D eigenvalue weighted by Gasteiger charge is 2.38. The lowest BCUT2D eigenvalue weighted by Crippen LogP contribution is -2.57. The minimum absolute atomic E-state index is 0.110. The lowest BCUT2D eigenvalue weighted by Gasteiger charge is -2.38. The quantitative estimate of drug-likeness (QED) is 0.836. The first-order chi connectivity index (χ1) is 10.8. The fraction of sp³-hybridized carbons (Fsp3) is 0.562. The van der Waals surface area contributed by atoms with Gasteiger partial charge in [0.05, 0.1) is 18.3 Å². The average molecular weight is 337 g/mol. The number of aryl methyl sites for hydroxylation is 2. The Morgan fingerprint density at radius 1 is 1.35 bits per heavy atom. The Morgan fingerprint density at radius 3 is 2.65 bits per heavy atom. The van der Waals surface area contributed by atoms with E-state index in [1.54, 1.807) is 18.5 Å². The highest BCUT2D eigenvalue weighted by molar-refractivity contribution is 7.89. The van der Waals surface area contributed by atoms with Crippen LogP contribution < -0.4 is 4.74 Å². The van der Waals surface area contributed by atoms with Gasteiger partial charge in [0.25, 0.3) is 0 Å². The molecule has 2 aromatic rings. The maximum absolute atomic E-state index is 12.1. The molecule has 0 saturated carbocycles. The third kappa shape index (κ3) is 2.83. The molecule has 0 radical (unpaired) electrons. The number of sulfonamides is 1. The second-order valence-corrected chi connectivity index (χ2v) is 8.78. The summed E-state index contributed by atoms with van der Waals surface area (Å²) in [6, 6.07) is 3.99. The minimum atomic E-state index is -3.18. The second-order valence-electron chi connectivity index (χ2n) is 6.29. The summed E-state index contributed by atoms with van der Waals surface area (Å²) in [6.07, 6.45) is 2.82. The number of nitrogens with zero attached hydrogens (tertiary/aromatic N) is 3. The van der Waals surface area contributed by atoms with Gasteiger partial charge in [-0.2, -0.15) is 9.40 Å². The molecule has 0 aliphatic carbocycles. The number of ether oxygens (including phenoxy) is 1. The summed E-state index contributed by atoms with van der Waals surface area (Å²) in [6.45, 7) is 6.33. The van der Waals surface area contributed by atoms with Crippen molar-refractivity contribution in [1.82, 2.24) is 14.1 Å². The van der Waals surface area contributed by atoms with Gasteiger partial charge in [-0.15, -0.1) is 0 Å². The molecule has 1 saturated heterocycles. The van der Waals surface area contributed by atoms with E-state index in [0.717, 1.165) is 23.1 Å². The minimum Gasteiger partial charge on any atom is -0.485 e. The van der Waals surface area contributed by atoms with Crippen molar-refractivity contribution in [1.29, 1.82) is 0 Å². The molecule has 1 aromatic heterocycles. The monoisotopic (exact) mass is 337 g/mol. The molecule has 1 aliphatic heterocycles. The van der Waals surface area contributed by atoms with E-state index in [2.05, 4.69) is 18.1 Å². The SMILES string of the molecule is CCc1ccc(OC2CN(S(=O)(=O)C(C)C)C2)c2nn(C)cc12. The van der Waals surface area contributed by atoms with E-state index < -0.39 is 15.3 Å². The molecule has 2 heterocycles. The number of rotatable bonds is 5. The molecule has 0 amide bonds. The lowest BCUT2D eigenvalue weighted by molar-refractivity contribution is 0.0769. The highest BCUT2D eigenvalue weighted by atomic mass is 32.2. The number of hydrogen-bond acceptors (Lipinski definition) is 4. The van der Waals surface area contributed by atoms with E-state index in [4.69, 9.17) is 4.74 Å². The largest absolute Gasteiger partial charge is 0.485 e. The van der Waals surface area contributed by atoms with Crippen LogP contribution in [0.1, 0.15) is 26.3 Å². The fourth-order valence-electron chi connectivity index (χ4n) is 2.81. The molecule has 0 spiro atoms. The van der Waals surface area contributed by atoms with Crippen LogP contribution in [0.25, 0.3) is 10.9 Å². The summed E-state index contributed by atoms with van der Waals surface area (Å²) in [5.41, 5.74) is 2.08. The van der Waals surface area contributed by atoms with Gasteiger partial charge in [0.15, 0.2) is 0 Å². The summed E-state index contributed by atoms with van der Waals surface area (Å²) in [5, 5.41) is 5.19. The van der Waals surface area contributed by atoms with Gasteiger partial charge in [0, 0.05) is 18.6 Å². The van der Waals surface area contributed by atoms with Gasteiger partial charge in [-0.25, -0.2) is 8.42 Å². The van der Waals surface area contributed by atoms with E-state index in [1.165, 1.54) is 9.87 Å². The first-order valence-electron chi connectivity index (χ1n) is 7.93. The zero-order valence-electron chi connectivity index (χ0n) is 14.0. The second kappa shape index (κ2) is 5.79. The molecule has 23 heavy (non-hydrogen) atoms. The van der Waals surface area contributed by atoms with Gasteiger partial charge in [0.1, 0.15) is 17.4 Å². The molecule has 1 fully saturated rings. The predicted molar refractivity (Wildman–Crippen MR) is 90.1 cm³/mol. The molecule has 126 valence electrons. The van der Waals surface area contributed by atoms with Gasteiger partial charge >= 0.3 is 0 Å². The van der Waals surface area contributed by atoms with Gasteiger partial charge < -0.3 is 4.74 Å². The molecule has 7 heteroatoms. The number of hydrogen-bond donors (Lipinski definition) is 0. The van der Waals surface area contributed by atoms with Crippen molar-refractivity contribution < 1.29 is 13.2 Å². The van der Waals surface area contributed by atoms with Crippen LogP contribution in [0, 0.1) is 0 Å². The first kappa shape index (κ1) is 16.3. The number of fused-ring (bicyclic) bond motifs is 1. The first-order valence-corrected chi connectivity index (χ1v) is 9.44. The van der Waals surface area contributed by atoms with Crippen LogP contribution in [0.15, 0.2) is 18.3 Å². The zero-order valence-corrected chi connectivity index (χ0v) is 14.8. The van der Waals surface area contributed by atoms with Crippen LogP contribution in [0.5, 0.6) is 5.75 Å². The van der Waals surface area contributed by atoms with E-state index in [-0.39, 0.29) is 6.10 Å². The predicted octanol–water partition coefficient (Wildman–Crippen LogP) is 1.94. The Morgan fingerprint density at radius 2 is 2.04 bits per heavy atom. The Kier molecular flexibility index (Phi) is 4.10. The van der Waals surface area contributed by atoms with Crippen molar-refractivity contribution in [2.24, 2.45) is 7.05 Å². The normalized spacial score (nSPS) is 16.9. The van der Waals surface area contributed by atoms with Crippen LogP contribution >= 0.6 is 0 Å². The van der Waals surface area contributed by atoms with E-state index >= 15 is 0 Å².